The lowest BCUT2D eigenvalue weighted by molar-refractivity contribution is 0.552. The summed E-state index contributed by atoms with van der Waals surface area (Å²) in [6.45, 7) is 0. The van der Waals surface area contributed by atoms with Gasteiger partial charge in [-0.05, 0) is 64.4 Å². The molecule has 3 aromatic rings. The van der Waals surface area contributed by atoms with Crippen molar-refractivity contribution in [2.24, 2.45) is 5.84 Å². The van der Waals surface area contributed by atoms with Crippen molar-refractivity contribution < 1.29 is 0 Å². The van der Waals surface area contributed by atoms with Crippen LogP contribution in [-0.2, 0) is 6.42 Å². The molecule has 0 saturated heterocycles. The van der Waals surface area contributed by atoms with Gasteiger partial charge in [0.15, 0.2) is 0 Å². The maximum Gasteiger partial charge on any atom is 0.0890 e. The number of nitrogens with one attached hydrogen (secondary N) is 1. The van der Waals surface area contributed by atoms with Crippen LogP contribution in [0.15, 0.2) is 54.9 Å². The Balaban J connectivity index is 1.88. The fourth-order valence-electron chi connectivity index (χ4n) is 2.33. The monoisotopic (exact) mass is 390 g/mol. The summed E-state index contributed by atoms with van der Waals surface area (Å²) in [6.07, 6.45) is 4.24. The van der Waals surface area contributed by atoms with Gasteiger partial charge in [0.05, 0.1) is 17.1 Å². The molecule has 5 heteroatoms. The standard InChI is InChI=1S/C16H15IN4/c17-13-4-1-11(2-5-13)9-15(21-18)12-3-6-14-16(10-12)20-8-7-19-14/h1-8,10,15,21H,9,18H2. The van der Waals surface area contributed by atoms with Crippen LogP contribution in [0.2, 0.25) is 0 Å². The Kier molecular flexibility index (Phi) is 4.42. The molecule has 0 aliphatic rings. The maximum absolute atomic E-state index is 5.74. The number of rotatable bonds is 4. The second kappa shape index (κ2) is 6.46. The first-order valence-electron chi connectivity index (χ1n) is 6.67. The van der Waals surface area contributed by atoms with Crippen molar-refractivity contribution in [2.75, 3.05) is 0 Å². The Morgan fingerprint density at radius 2 is 1.71 bits per heavy atom. The van der Waals surface area contributed by atoms with E-state index in [0.717, 1.165) is 23.0 Å². The normalized spacial score (nSPS) is 12.5. The third kappa shape index (κ3) is 3.37. The van der Waals surface area contributed by atoms with E-state index in [1.165, 1.54) is 9.13 Å². The molecule has 1 atom stereocenters. The highest BCUT2D eigenvalue weighted by molar-refractivity contribution is 14.1. The summed E-state index contributed by atoms with van der Waals surface area (Å²) in [5.74, 6) is 5.74. The number of hydrogen-bond donors (Lipinski definition) is 2. The predicted octanol–water partition coefficient (Wildman–Crippen LogP) is 2.98. The van der Waals surface area contributed by atoms with Crippen LogP contribution in [0.5, 0.6) is 0 Å². The molecule has 4 nitrogen and oxygen atoms in total. The highest BCUT2D eigenvalue weighted by atomic mass is 127. The van der Waals surface area contributed by atoms with Crippen LogP contribution in [0.3, 0.4) is 0 Å². The van der Waals surface area contributed by atoms with Gasteiger partial charge in [-0.3, -0.25) is 21.2 Å². The molecule has 0 fully saturated rings. The summed E-state index contributed by atoms with van der Waals surface area (Å²) >= 11 is 2.30. The Morgan fingerprint density at radius 3 is 2.43 bits per heavy atom. The number of hydrogen-bond acceptors (Lipinski definition) is 4. The van der Waals surface area contributed by atoms with Gasteiger partial charge in [0.1, 0.15) is 0 Å². The average Bonchev–Trinajstić information content (AvgIpc) is 2.54. The van der Waals surface area contributed by atoms with Crippen LogP contribution in [0.4, 0.5) is 0 Å². The topological polar surface area (TPSA) is 63.8 Å². The summed E-state index contributed by atoms with van der Waals surface area (Å²) < 4.78 is 1.23. The number of halogens is 1. The maximum atomic E-state index is 5.74. The van der Waals surface area contributed by atoms with Crippen LogP contribution in [0, 0.1) is 3.57 Å². The van der Waals surface area contributed by atoms with Gasteiger partial charge in [0.25, 0.3) is 0 Å². The molecule has 1 aromatic heterocycles. The van der Waals surface area contributed by atoms with Gasteiger partial charge in [-0.1, -0.05) is 18.2 Å². The molecule has 0 bridgehead atoms. The Labute approximate surface area is 136 Å². The summed E-state index contributed by atoms with van der Waals surface area (Å²) in [7, 11) is 0. The van der Waals surface area contributed by atoms with Gasteiger partial charge in [0.2, 0.25) is 0 Å². The summed E-state index contributed by atoms with van der Waals surface area (Å²) in [4.78, 5) is 8.63. The van der Waals surface area contributed by atoms with Crippen molar-refractivity contribution in [3.8, 4) is 0 Å². The lowest BCUT2D eigenvalue weighted by atomic mass is 9.99. The SMILES string of the molecule is NNC(Cc1ccc(I)cc1)c1ccc2nccnc2c1. The van der Waals surface area contributed by atoms with Crippen molar-refractivity contribution >= 4 is 33.6 Å². The molecule has 2 aromatic carbocycles. The van der Waals surface area contributed by atoms with Crippen LogP contribution in [-0.4, -0.2) is 9.97 Å². The number of fused-ring (bicyclic) bond motifs is 1. The minimum atomic E-state index is 0.0523. The highest BCUT2D eigenvalue weighted by Crippen LogP contribution is 2.21. The first-order valence-corrected chi connectivity index (χ1v) is 7.75. The van der Waals surface area contributed by atoms with Crippen molar-refractivity contribution in [3.63, 3.8) is 0 Å². The predicted molar refractivity (Wildman–Crippen MR) is 92.5 cm³/mol. The quantitative estimate of drug-likeness (QED) is 0.409. The number of nitrogens with two attached hydrogens (primary N) is 1. The van der Waals surface area contributed by atoms with Gasteiger partial charge in [-0.25, -0.2) is 0 Å². The molecule has 0 spiro atoms. The smallest absolute Gasteiger partial charge is 0.0890 e. The van der Waals surface area contributed by atoms with E-state index in [0.29, 0.717) is 0 Å². The van der Waals surface area contributed by atoms with Gasteiger partial charge in [0, 0.05) is 16.0 Å². The summed E-state index contributed by atoms with van der Waals surface area (Å²) in [5, 5.41) is 0. The Morgan fingerprint density at radius 1 is 1.00 bits per heavy atom. The van der Waals surface area contributed by atoms with Crippen LogP contribution < -0.4 is 11.3 Å². The fourth-order valence-corrected chi connectivity index (χ4v) is 2.69. The number of benzene rings is 2. The van der Waals surface area contributed by atoms with E-state index >= 15 is 0 Å². The fraction of sp³-hybridized carbons (Fsp3) is 0.125. The minimum absolute atomic E-state index is 0.0523. The second-order valence-corrected chi connectivity index (χ2v) is 6.10. The molecule has 106 valence electrons. The van der Waals surface area contributed by atoms with E-state index in [2.05, 4.69) is 62.3 Å². The molecule has 0 radical (unpaired) electrons. The molecule has 1 heterocycles. The lowest BCUT2D eigenvalue weighted by Crippen LogP contribution is -2.29. The molecule has 0 aliphatic heterocycles. The van der Waals surface area contributed by atoms with E-state index in [4.69, 9.17) is 5.84 Å². The first kappa shape index (κ1) is 14.4. The molecule has 21 heavy (non-hydrogen) atoms. The van der Waals surface area contributed by atoms with Crippen molar-refractivity contribution in [3.05, 3.63) is 69.6 Å². The second-order valence-electron chi connectivity index (χ2n) is 4.85. The van der Waals surface area contributed by atoms with Crippen molar-refractivity contribution in [2.45, 2.75) is 12.5 Å². The third-order valence-corrected chi connectivity index (χ3v) is 4.17. The van der Waals surface area contributed by atoms with E-state index in [1.807, 2.05) is 18.2 Å². The van der Waals surface area contributed by atoms with Crippen molar-refractivity contribution in [1.29, 1.82) is 0 Å². The molecule has 1 unspecified atom stereocenters. The van der Waals surface area contributed by atoms with Gasteiger partial charge >= 0.3 is 0 Å². The minimum Gasteiger partial charge on any atom is -0.271 e. The molecular weight excluding hydrogens is 375 g/mol. The summed E-state index contributed by atoms with van der Waals surface area (Å²) in [6, 6.07) is 14.6. The molecule has 3 N–H and O–H groups in total. The molecular formula is C16H15IN4. The zero-order chi connectivity index (χ0) is 14.7. The van der Waals surface area contributed by atoms with Crippen LogP contribution >= 0.6 is 22.6 Å². The number of nitrogens with zero attached hydrogens (tertiary/aromatic N) is 2. The average molecular weight is 390 g/mol. The number of hydrazine groups is 1. The summed E-state index contributed by atoms with van der Waals surface area (Å²) in [5.41, 5.74) is 7.04. The zero-order valence-corrected chi connectivity index (χ0v) is 13.5. The van der Waals surface area contributed by atoms with Crippen LogP contribution in [0.1, 0.15) is 17.2 Å². The lowest BCUT2D eigenvalue weighted by Gasteiger charge is -2.17. The Bertz CT molecular complexity index is 743. The molecule has 0 amide bonds. The molecule has 3 rings (SSSR count). The molecule has 0 saturated carbocycles. The van der Waals surface area contributed by atoms with E-state index in [1.54, 1.807) is 12.4 Å². The Hall–Kier alpha value is -1.57. The third-order valence-electron chi connectivity index (χ3n) is 3.45. The zero-order valence-electron chi connectivity index (χ0n) is 11.3. The van der Waals surface area contributed by atoms with E-state index < -0.39 is 0 Å². The van der Waals surface area contributed by atoms with E-state index in [-0.39, 0.29) is 6.04 Å². The van der Waals surface area contributed by atoms with E-state index in [9.17, 15) is 0 Å². The number of aromatic nitrogens is 2. The first-order chi connectivity index (χ1) is 10.3. The largest absolute Gasteiger partial charge is 0.271 e. The van der Waals surface area contributed by atoms with Gasteiger partial charge in [-0.2, -0.15) is 0 Å². The van der Waals surface area contributed by atoms with Gasteiger partial charge < -0.3 is 0 Å². The van der Waals surface area contributed by atoms with Crippen LogP contribution in [0.25, 0.3) is 11.0 Å². The van der Waals surface area contributed by atoms with Gasteiger partial charge in [-0.15, -0.1) is 0 Å². The molecule has 0 aliphatic carbocycles. The highest BCUT2D eigenvalue weighted by Gasteiger charge is 2.11. The van der Waals surface area contributed by atoms with Crippen molar-refractivity contribution in [1.82, 2.24) is 15.4 Å².